The van der Waals surface area contributed by atoms with Gasteiger partial charge < -0.3 is 9.84 Å². The monoisotopic (exact) mass is 296 g/mol. The zero-order chi connectivity index (χ0) is 15.4. The van der Waals surface area contributed by atoms with Crippen molar-refractivity contribution in [2.75, 3.05) is 0 Å². The highest BCUT2D eigenvalue weighted by atomic mass is 16.5. The third-order valence-corrected chi connectivity index (χ3v) is 3.48. The second-order valence-electron chi connectivity index (χ2n) is 5.57. The molecule has 5 heteroatoms. The molecule has 0 aliphatic carbocycles. The predicted molar refractivity (Wildman–Crippen MR) is 85.2 cm³/mol. The first-order chi connectivity index (χ1) is 10.7. The number of aromatic nitrogens is 3. The lowest BCUT2D eigenvalue weighted by Crippen LogP contribution is -2.30. The smallest absolute Gasteiger partial charge is 0.151 e. The Bertz CT molecular complexity index is 717. The molecule has 0 saturated carbocycles. The van der Waals surface area contributed by atoms with E-state index in [4.69, 9.17) is 4.52 Å². The first-order valence-corrected chi connectivity index (χ1v) is 7.44. The molecule has 0 aliphatic rings. The van der Waals surface area contributed by atoms with Crippen molar-refractivity contribution in [2.45, 2.75) is 33.0 Å². The van der Waals surface area contributed by atoms with E-state index in [-0.39, 0.29) is 0 Å². The molecule has 0 fully saturated rings. The van der Waals surface area contributed by atoms with E-state index < -0.39 is 0 Å². The Morgan fingerprint density at radius 3 is 2.82 bits per heavy atom. The minimum absolute atomic E-state index is 0.296. The Morgan fingerprint density at radius 1 is 1.27 bits per heavy atom. The van der Waals surface area contributed by atoms with Crippen molar-refractivity contribution >= 4 is 0 Å². The normalized spacial score (nSPS) is 12.5. The van der Waals surface area contributed by atoms with Gasteiger partial charge in [0.25, 0.3) is 0 Å². The van der Waals surface area contributed by atoms with Crippen LogP contribution in [0.25, 0.3) is 11.3 Å². The molecule has 3 rings (SSSR count). The Labute approximate surface area is 129 Å². The molecule has 114 valence electrons. The molecule has 1 atom stereocenters. The topological polar surface area (TPSA) is 55.9 Å². The molecule has 5 nitrogen and oxygen atoms in total. The van der Waals surface area contributed by atoms with E-state index in [0.717, 1.165) is 23.6 Å². The van der Waals surface area contributed by atoms with Crippen LogP contribution in [0.15, 0.2) is 53.3 Å². The van der Waals surface area contributed by atoms with Crippen LogP contribution in [0, 0.1) is 6.92 Å². The second kappa shape index (κ2) is 6.58. The molecule has 1 N–H and O–H groups in total. The molecule has 3 aromatic rings. The number of nitrogens with zero attached hydrogens (tertiary/aromatic N) is 3. The van der Waals surface area contributed by atoms with E-state index in [0.29, 0.717) is 12.6 Å². The fourth-order valence-corrected chi connectivity index (χ4v) is 2.33. The molecule has 0 radical (unpaired) electrons. The van der Waals surface area contributed by atoms with E-state index in [2.05, 4.69) is 22.5 Å². The molecule has 0 unspecified atom stereocenters. The number of rotatable bonds is 6. The summed E-state index contributed by atoms with van der Waals surface area (Å²) in [6, 6.07) is 12.3. The molecule has 2 aromatic heterocycles. The molecule has 0 bridgehead atoms. The maximum absolute atomic E-state index is 5.39. The van der Waals surface area contributed by atoms with Crippen molar-refractivity contribution in [2.24, 2.45) is 0 Å². The summed E-state index contributed by atoms with van der Waals surface area (Å²) < 4.78 is 7.34. The summed E-state index contributed by atoms with van der Waals surface area (Å²) in [5, 5.41) is 11.8. The summed E-state index contributed by atoms with van der Waals surface area (Å²) in [5.41, 5.74) is 3.11. The van der Waals surface area contributed by atoms with E-state index in [1.165, 1.54) is 5.56 Å². The van der Waals surface area contributed by atoms with Gasteiger partial charge in [-0.25, -0.2) is 0 Å². The quantitative estimate of drug-likeness (QED) is 0.759. The summed E-state index contributed by atoms with van der Waals surface area (Å²) in [7, 11) is 0. The molecular weight excluding hydrogens is 276 g/mol. The first kappa shape index (κ1) is 14.5. The standard InChI is InChI=1S/C17H20N4O/c1-13-9-19-21(11-13)12-14(2)18-10-16-8-17(20-22-16)15-6-4-3-5-7-15/h3-9,11,14,18H,10,12H2,1-2H3/t14-/m0/s1. The Balaban J connectivity index is 1.54. The molecular formula is C17H20N4O. The van der Waals surface area contributed by atoms with Gasteiger partial charge in [-0.2, -0.15) is 5.10 Å². The van der Waals surface area contributed by atoms with Gasteiger partial charge in [-0.3, -0.25) is 4.68 Å². The van der Waals surface area contributed by atoms with Gasteiger partial charge in [0.2, 0.25) is 0 Å². The van der Waals surface area contributed by atoms with Crippen molar-refractivity contribution < 1.29 is 4.52 Å². The van der Waals surface area contributed by atoms with Gasteiger partial charge in [0.1, 0.15) is 5.69 Å². The lowest BCUT2D eigenvalue weighted by molar-refractivity contribution is 0.357. The summed E-state index contributed by atoms with van der Waals surface area (Å²) >= 11 is 0. The van der Waals surface area contributed by atoms with E-state index in [1.807, 2.05) is 60.4 Å². The van der Waals surface area contributed by atoms with Crippen LogP contribution < -0.4 is 5.32 Å². The number of nitrogens with one attached hydrogen (secondary N) is 1. The van der Waals surface area contributed by atoms with Gasteiger partial charge in [0.15, 0.2) is 5.76 Å². The van der Waals surface area contributed by atoms with Gasteiger partial charge in [-0.1, -0.05) is 35.5 Å². The van der Waals surface area contributed by atoms with Gasteiger partial charge in [0.05, 0.1) is 19.3 Å². The SMILES string of the molecule is Cc1cnn(C[C@H](C)NCc2cc(-c3ccccc3)no2)c1. The van der Waals surface area contributed by atoms with Crippen molar-refractivity contribution in [3.8, 4) is 11.3 Å². The summed E-state index contributed by atoms with van der Waals surface area (Å²) in [4.78, 5) is 0. The first-order valence-electron chi connectivity index (χ1n) is 7.44. The van der Waals surface area contributed by atoms with Crippen molar-refractivity contribution in [1.29, 1.82) is 0 Å². The fraction of sp³-hybridized carbons (Fsp3) is 0.294. The second-order valence-corrected chi connectivity index (χ2v) is 5.57. The van der Waals surface area contributed by atoms with Crippen LogP contribution >= 0.6 is 0 Å². The van der Waals surface area contributed by atoms with Crippen LogP contribution in [0.4, 0.5) is 0 Å². The third-order valence-electron chi connectivity index (χ3n) is 3.48. The zero-order valence-electron chi connectivity index (χ0n) is 12.9. The van der Waals surface area contributed by atoms with E-state index in [9.17, 15) is 0 Å². The Hall–Kier alpha value is -2.40. The van der Waals surface area contributed by atoms with Crippen molar-refractivity contribution in [3.05, 3.63) is 60.1 Å². The number of hydrogen-bond donors (Lipinski definition) is 1. The molecule has 1 aromatic carbocycles. The van der Waals surface area contributed by atoms with Crippen LogP contribution in [-0.2, 0) is 13.1 Å². The largest absolute Gasteiger partial charge is 0.359 e. The molecule has 0 saturated heterocycles. The van der Waals surface area contributed by atoms with Crippen molar-refractivity contribution in [3.63, 3.8) is 0 Å². The predicted octanol–water partition coefficient (Wildman–Crippen LogP) is 3.02. The number of benzene rings is 1. The molecule has 0 amide bonds. The highest BCUT2D eigenvalue weighted by Crippen LogP contribution is 2.18. The van der Waals surface area contributed by atoms with Crippen LogP contribution in [0.5, 0.6) is 0 Å². The molecule has 22 heavy (non-hydrogen) atoms. The average Bonchev–Trinajstić information content (AvgIpc) is 3.15. The molecule has 0 spiro atoms. The minimum Gasteiger partial charge on any atom is -0.359 e. The van der Waals surface area contributed by atoms with Crippen LogP contribution in [0.1, 0.15) is 18.2 Å². The van der Waals surface area contributed by atoms with E-state index in [1.54, 1.807) is 0 Å². The van der Waals surface area contributed by atoms with E-state index >= 15 is 0 Å². The van der Waals surface area contributed by atoms with Crippen molar-refractivity contribution in [1.82, 2.24) is 20.3 Å². The lowest BCUT2D eigenvalue weighted by Gasteiger charge is -2.12. The molecule has 2 heterocycles. The van der Waals surface area contributed by atoms with Crippen LogP contribution in [-0.4, -0.2) is 21.0 Å². The lowest BCUT2D eigenvalue weighted by atomic mass is 10.1. The summed E-state index contributed by atoms with van der Waals surface area (Å²) in [5.74, 6) is 0.836. The summed E-state index contributed by atoms with van der Waals surface area (Å²) in [6.07, 6.45) is 3.91. The average molecular weight is 296 g/mol. The van der Waals surface area contributed by atoms with Gasteiger partial charge in [-0.05, 0) is 19.4 Å². The minimum atomic E-state index is 0.296. The highest BCUT2D eigenvalue weighted by molar-refractivity contribution is 5.58. The zero-order valence-corrected chi connectivity index (χ0v) is 12.9. The number of hydrogen-bond acceptors (Lipinski definition) is 4. The summed E-state index contributed by atoms with van der Waals surface area (Å²) in [6.45, 7) is 5.65. The maximum Gasteiger partial charge on any atom is 0.151 e. The third kappa shape index (κ3) is 3.62. The van der Waals surface area contributed by atoms with Gasteiger partial charge in [0, 0.05) is 23.9 Å². The fourth-order valence-electron chi connectivity index (χ4n) is 2.33. The maximum atomic E-state index is 5.39. The van der Waals surface area contributed by atoms with Gasteiger partial charge in [-0.15, -0.1) is 0 Å². The van der Waals surface area contributed by atoms with Crippen LogP contribution in [0.2, 0.25) is 0 Å². The Morgan fingerprint density at radius 2 is 2.09 bits per heavy atom. The van der Waals surface area contributed by atoms with Crippen LogP contribution in [0.3, 0.4) is 0 Å². The number of aryl methyl sites for hydroxylation is 1. The van der Waals surface area contributed by atoms with Gasteiger partial charge >= 0.3 is 0 Å². The highest BCUT2D eigenvalue weighted by Gasteiger charge is 2.08. The Kier molecular flexibility index (Phi) is 4.34. The molecule has 0 aliphatic heterocycles.